The van der Waals surface area contributed by atoms with Gasteiger partial charge in [0.15, 0.2) is 0 Å². The van der Waals surface area contributed by atoms with Crippen LogP contribution in [0.2, 0.25) is 0 Å². The highest BCUT2D eigenvalue weighted by Gasteiger charge is 2.35. The number of hydrogen-bond acceptors (Lipinski definition) is 7. The van der Waals surface area contributed by atoms with Crippen molar-refractivity contribution < 1.29 is 24.0 Å². The number of benzene rings is 2. The lowest BCUT2D eigenvalue weighted by Gasteiger charge is -2.12. The Hall–Kier alpha value is -3.33. The number of nitrogens with zero attached hydrogens (tertiary/aromatic N) is 2. The van der Waals surface area contributed by atoms with E-state index in [9.17, 15) is 19.7 Å². The van der Waals surface area contributed by atoms with Gasteiger partial charge in [-0.05, 0) is 41.6 Å². The fourth-order valence-electron chi connectivity index (χ4n) is 2.64. The normalized spacial score (nSPS) is 15.2. The van der Waals surface area contributed by atoms with Gasteiger partial charge in [0, 0.05) is 17.7 Å². The molecule has 1 aliphatic rings. The van der Waals surface area contributed by atoms with Gasteiger partial charge in [-0.3, -0.25) is 24.6 Å². The second-order valence-electron chi connectivity index (χ2n) is 5.80. The van der Waals surface area contributed by atoms with Gasteiger partial charge in [0.2, 0.25) is 0 Å². The molecule has 0 saturated carbocycles. The van der Waals surface area contributed by atoms with E-state index in [0.29, 0.717) is 22.6 Å². The predicted octanol–water partition coefficient (Wildman–Crippen LogP) is 3.85. The zero-order chi connectivity index (χ0) is 20.3. The van der Waals surface area contributed by atoms with Crippen LogP contribution in [0.1, 0.15) is 11.1 Å². The van der Waals surface area contributed by atoms with Crippen LogP contribution in [0.4, 0.5) is 10.5 Å². The molecule has 3 rings (SSSR count). The third-order valence-corrected chi connectivity index (χ3v) is 4.99. The molecule has 144 valence electrons. The third kappa shape index (κ3) is 3.99. The Kier molecular flexibility index (Phi) is 5.65. The Morgan fingerprint density at radius 3 is 2.43 bits per heavy atom. The molecule has 0 bridgehead atoms. The summed E-state index contributed by atoms with van der Waals surface area (Å²) in [6.07, 6.45) is 1.59. The van der Waals surface area contributed by atoms with Crippen molar-refractivity contribution >= 4 is 34.7 Å². The quantitative estimate of drug-likeness (QED) is 0.412. The van der Waals surface area contributed by atoms with Crippen LogP contribution in [-0.2, 0) is 11.3 Å². The third-order valence-electron chi connectivity index (χ3n) is 4.08. The number of imide groups is 1. The van der Waals surface area contributed by atoms with Crippen LogP contribution in [0.3, 0.4) is 0 Å². The first-order valence-corrected chi connectivity index (χ1v) is 8.95. The molecular weight excluding hydrogens is 384 g/mol. The van der Waals surface area contributed by atoms with Gasteiger partial charge >= 0.3 is 0 Å². The summed E-state index contributed by atoms with van der Waals surface area (Å²) in [5.41, 5.74) is 1.18. The average Bonchev–Trinajstić information content (AvgIpc) is 2.95. The van der Waals surface area contributed by atoms with Crippen molar-refractivity contribution in [3.8, 4) is 11.5 Å². The molecule has 1 aliphatic heterocycles. The van der Waals surface area contributed by atoms with E-state index < -0.39 is 16.1 Å². The molecule has 9 heteroatoms. The van der Waals surface area contributed by atoms with E-state index in [-0.39, 0.29) is 17.1 Å². The maximum Gasteiger partial charge on any atom is 0.293 e. The Labute approximate surface area is 164 Å². The standard InChI is InChI=1S/C19H16N2O6S/c1-26-15-7-8-16(27-2)13(9-15)10-17-18(22)20(19(23)28-17)11-12-3-5-14(6-4-12)21(24)25/h3-10H,11H2,1-2H3. The van der Waals surface area contributed by atoms with Crippen LogP contribution in [0.5, 0.6) is 11.5 Å². The summed E-state index contributed by atoms with van der Waals surface area (Å²) in [6.45, 7) is 0.0370. The van der Waals surface area contributed by atoms with E-state index in [1.54, 1.807) is 24.3 Å². The molecule has 1 fully saturated rings. The molecule has 0 aliphatic carbocycles. The van der Waals surface area contributed by atoms with Crippen molar-refractivity contribution in [3.63, 3.8) is 0 Å². The van der Waals surface area contributed by atoms with Gasteiger partial charge in [-0.1, -0.05) is 12.1 Å². The van der Waals surface area contributed by atoms with Crippen LogP contribution < -0.4 is 9.47 Å². The van der Waals surface area contributed by atoms with Gasteiger partial charge < -0.3 is 9.47 Å². The van der Waals surface area contributed by atoms with Crippen molar-refractivity contribution in [2.75, 3.05) is 14.2 Å². The summed E-state index contributed by atoms with van der Waals surface area (Å²) in [7, 11) is 3.04. The fourth-order valence-corrected chi connectivity index (χ4v) is 3.46. The first kappa shape index (κ1) is 19.4. The van der Waals surface area contributed by atoms with Crippen LogP contribution in [0, 0.1) is 10.1 Å². The highest BCUT2D eigenvalue weighted by atomic mass is 32.2. The summed E-state index contributed by atoms with van der Waals surface area (Å²) in [5, 5.41) is 10.3. The number of hydrogen-bond donors (Lipinski definition) is 0. The molecule has 0 atom stereocenters. The summed E-state index contributed by atoms with van der Waals surface area (Å²) in [6, 6.07) is 10.9. The summed E-state index contributed by atoms with van der Waals surface area (Å²) in [4.78, 5) is 36.6. The second kappa shape index (κ2) is 8.13. The minimum absolute atomic E-state index is 0.0370. The van der Waals surface area contributed by atoms with Crippen molar-refractivity contribution in [2.45, 2.75) is 6.54 Å². The van der Waals surface area contributed by atoms with E-state index in [2.05, 4.69) is 0 Å². The number of rotatable bonds is 6. The molecule has 0 radical (unpaired) electrons. The van der Waals surface area contributed by atoms with Crippen molar-refractivity contribution in [1.82, 2.24) is 4.90 Å². The number of non-ortho nitro benzene ring substituents is 1. The van der Waals surface area contributed by atoms with Gasteiger partial charge in [0.05, 0.1) is 30.6 Å². The average molecular weight is 400 g/mol. The number of nitro benzene ring substituents is 1. The van der Waals surface area contributed by atoms with Gasteiger partial charge in [-0.15, -0.1) is 0 Å². The van der Waals surface area contributed by atoms with E-state index in [1.165, 1.54) is 38.5 Å². The molecule has 8 nitrogen and oxygen atoms in total. The van der Waals surface area contributed by atoms with E-state index in [0.717, 1.165) is 16.7 Å². The Morgan fingerprint density at radius 1 is 1.11 bits per heavy atom. The van der Waals surface area contributed by atoms with Gasteiger partial charge in [0.1, 0.15) is 11.5 Å². The van der Waals surface area contributed by atoms with Crippen LogP contribution in [-0.4, -0.2) is 35.2 Å². The van der Waals surface area contributed by atoms with Crippen molar-refractivity contribution in [3.05, 3.63) is 68.6 Å². The molecule has 2 amide bonds. The topological polar surface area (TPSA) is 99.0 Å². The molecule has 0 unspecified atom stereocenters. The number of amides is 2. The lowest BCUT2D eigenvalue weighted by molar-refractivity contribution is -0.384. The van der Waals surface area contributed by atoms with E-state index in [1.807, 2.05) is 0 Å². The predicted molar refractivity (Wildman–Crippen MR) is 104 cm³/mol. The van der Waals surface area contributed by atoms with Crippen LogP contribution in [0.25, 0.3) is 6.08 Å². The molecule has 28 heavy (non-hydrogen) atoms. The summed E-state index contributed by atoms with van der Waals surface area (Å²) >= 11 is 0.831. The maximum atomic E-state index is 12.7. The lowest BCUT2D eigenvalue weighted by Crippen LogP contribution is -2.27. The molecule has 2 aromatic carbocycles. The molecule has 0 aromatic heterocycles. The number of methoxy groups -OCH3 is 2. The Morgan fingerprint density at radius 2 is 1.82 bits per heavy atom. The first-order valence-electron chi connectivity index (χ1n) is 8.13. The highest BCUT2D eigenvalue weighted by molar-refractivity contribution is 8.18. The lowest BCUT2D eigenvalue weighted by atomic mass is 10.1. The zero-order valence-electron chi connectivity index (χ0n) is 15.1. The molecule has 0 spiro atoms. The molecule has 1 heterocycles. The monoisotopic (exact) mass is 400 g/mol. The largest absolute Gasteiger partial charge is 0.497 e. The zero-order valence-corrected chi connectivity index (χ0v) is 15.9. The molecule has 0 N–H and O–H groups in total. The SMILES string of the molecule is COc1ccc(OC)c(C=C2SC(=O)N(Cc3ccc([N+](=O)[O-])cc3)C2=O)c1. The minimum Gasteiger partial charge on any atom is -0.497 e. The fraction of sp³-hybridized carbons (Fsp3) is 0.158. The van der Waals surface area contributed by atoms with Gasteiger partial charge in [-0.2, -0.15) is 0 Å². The first-order chi connectivity index (χ1) is 13.4. The Balaban J connectivity index is 1.83. The minimum atomic E-state index is -0.506. The van der Waals surface area contributed by atoms with Gasteiger partial charge in [-0.25, -0.2) is 0 Å². The van der Waals surface area contributed by atoms with E-state index in [4.69, 9.17) is 9.47 Å². The van der Waals surface area contributed by atoms with Crippen molar-refractivity contribution in [1.29, 1.82) is 0 Å². The smallest absolute Gasteiger partial charge is 0.293 e. The molecule has 1 saturated heterocycles. The van der Waals surface area contributed by atoms with Crippen LogP contribution in [0.15, 0.2) is 47.4 Å². The molecule has 2 aromatic rings. The number of ether oxygens (including phenoxy) is 2. The van der Waals surface area contributed by atoms with Crippen molar-refractivity contribution in [2.24, 2.45) is 0 Å². The van der Waals surface area contributed by atoms with Crippen LogP contribution >= 0.6 is 11.8 Å². The van der Waals surface area contributed by atoms with E-state index >= 15 is 0 Å². The summed E-state index contributed by atoms with van der Waals surface area (Å²) < 4.78 is 10.5. The maximum absolute atomic E-state index is 12.7. The van der Waals surface area contributed by atoms with Gasteiger partial charge in [0.25, 0.3) is 16.8 Å². The summed E-state index contributed by atoms with van der Waals surface area (Å²) in [5.74, 6) is 0.707. The second-order valence-corrected chi connectivity index (χ2v) is 6.79. The highest BCUT2D eigenvalue weighted by Crippen LogP contribution is 2.35. The number of thioether (sulfide) groups is 1. The Bertz CT molecular complexity index is 971. The number of carbonyl (C=O) groups excluding carboxylic acids is 2. The number of nitro groups is 1. The number of carbonyl (C=O) groups is 2. The molecular formula is C19H16N2O6S.